The van der Waals surface area contributed by atoms with Gasteiger partial charge in [0.2, 0.25) is 0 Å². The molecule has 1 aliphatic carbocycles. The lowest BCUT2D eigenvalue weighted by Gasteiger charge is -2.40. The van der Waals surface area contributed by atoms with Crippen LogP contribution in [0.3, 0.4) is 0 Å². The molecule has 0 bridgehead atoms. The molecule has 1 saturated heterocycles. The molecule has 140 valence electrons. The topological polar surface area (TPSA) is 110 Å². The van der Waals surface area contributed by atoms with Crippen molar-refractivity contribution in [2.75, 3.05) is 6.61 Å². The average molecular weight is 352 g/mol. The number of ether oxygens (including phenoxy) is 1. The van der Waals surface area contributed by atoms with Gasteiger partial charge in [0, 0.05) is 0 Å². The Kier molecular flexibility index (Phi) is 5.96. The van der Waals surface area contributed by atoms with Crippen LogP contribution in [0.5, 0.6) is 5.75 Å². The number of hydrogen-bond donors (Lipinski definition) is 5. The van der Waals surface area contributed by atoms with Gasteiger partial charge in [0.15, 0.2) is 0 Å². The molecular formula is C19H28O6. The van der Waals surface area contributed by atoms with Crippen molar-refractivity contribution in [2.45, 2.75) is 69.0 Å². The van der Waals surface area contributed by atoms with E-state index in [0.29, 0.717) is 11.5 Å². The Hall–Kier alpha value is -1.18. The molecule has 2 fully saturated rings. The van der Waals surface area contributed by atoms with E-state index in [0.717, 1.165) is 24.8 Å². The van der Waals surface area contributed by atoms with Gasteiger partial charge >= 0.3 is 0 Å². The molecule has 0 spiro atoms. The quantitative estimate of drug-likeness (QED) is 0.554. The van der Waals surface area contributed by atoms with Crippen molar-refractivity contribution in [3.05, 3.63) is 29.3 Å². The molecule has 0 radical (unpaired) electrons. The summed E-state index contributed by atoms with van der Waals surface area (Å²) in [4.78, 5) is 0. The third kappa shape index (κ3) is 3.99. The second-order valence-electron chi connectivity index (χ2n) is 7.35. The zero-order valence-corrected chi connectivity index (χ0v) is 14.3. The molecule has 1 heterocycles. The highest BCUT2D eigenvalue weighted by Crippen LogP contribution is 2.36. The van der Waals surface area contributed by atoms with Crippen LogP contribution in [0.1, 0.15) is 49.3 Å². The molecule has 3 rings (SSSR count). The Bertz CT molecular complexity index is 569. The molecule has 0 unspecified atom stereocenters. The van der Waals surface area contributed by atoms with Crippen LogP contribution in [0, 0.1) is 5.92 Å². The maximum absolute atomic E-state index is 10.3. The van der Waals surface area contributed by atoms with Crippen LogP contribution in [-0.2, 0) is 11.2 Å². The molecule has 5 atom stereocenters. The molecule has 1 aliphatic heterocycles. The summed E-state index contributed by atoms with van der Waals surface area (Å²) in [7, 11) is 0. The first-order valence-electron chi connectivity index (χ1n) is 9.13. The van der Waals surface area contributed by atoms with Gasteiger partial charge in [0.1, 0.15) is 36.3 Å². The monoisotopic (exact) mass is 352 g/mol. The van der Waals surface area contributed by atoms with Crippen molar-refractivity contribution >= 4 is 0 Å². The van der Waals surface area contributed by atoms with Crippen molar-refractivity contribution in [3.8, 4) is 5.75 Å². The molecule has 5 N–H and O–H groups in total. The highest BCUT2D eigenvalue weighted by Gasteiger charge is 2.44. The number of aliphatic hydroxyl groups is 4. The second kappa shape index (κ2) is 8.01. The van der Waals surface area contributed by atoms with Crippen molar-refractivity contribution in [1.82, 2.24) is 0 Å². The second-order valence-corrected chi connectivity index (χ2v) is 7.35. The number of benzene rings is 1. The van der Waals surface area contributed by atoms with E-state index >= 15 is 0 Å². The first-order chi connectivity index (χ1) is 12.0. The van der Waals surface area contributed by atoms with Crippen LogP contribution < -0.4 is 0 Å². The summed E-state index contributed by atoms with van der Waals surface area (Å²) in [5, 5.41) is 49.7. The van der Waals surface area contributed by atoms with Gasteiger partial charge in [-0.05, 0) is 35.6 Å². The third-order valence-electron chi connectivity index (χ3n) is 5.56. The van der Waals surface area contributed by atoms with E-state index in [4.69, 9.17) is 4.74 Å². The number of aromatic hydroxyl groups is 1. The lowest BCUT2D eigenvalue weighted by atomic mass is 9.83. The van der Waals surface area contributed by atoms with Gasteiger partial charge in [0.05, 0.1) is 6.61 Å². The zero-order chi connectivity index (χ0) is 18.0. The van der Waals surface area contributed by atoms with Crippen LogP contribution in [0.15, 0.2) is 18.2 Å². The average Bonchev–Trinajstić information content (AvgIpc) is 2.63. The molecule has 6 heteroatoms. The minimum atomic E-state index is -1.40. The summed E-state index contributed by atoms with van der Waals surface area (Å²) < 4.78 is 5.61. The van der Waals surface area contributed by atoms with Crippen molar-refractivity contribution in [3.63, 3.8) is 0 Å². The molecule has 1 saturated carbocycles. The smallest absolute Gasteiger partial charge is 0.118 e. The zero-order valence-electron chi connectivity index (χ0n) is 14.3. The summed E-state index contributed by atoms with van der Waals surface area (Å²) in [5.41, 5.74) is 1.43. The van der Waals surface area contributed by atoms with Crippen LogP contribution in [0.2, 0.25) is 0 Å². The van der Waals surface area contributed by atoms with Gasteiger partial charge < -0.3 is 30.3 Å². The molecule has 0 aromatic heterocycles. The third-order valence-corrected chi connectivity index (χ3v) is 5.56. The SMILES string of the molecule is OC[C@H]1O[C@@H](c2ccc(O)c(CC3CCCCC3)c2)[C@H](O)[C@@H](O)[C@@H]1O. The van der Waals surface area contributed by atoms with Gasteiger partial charge in [-0.2, -0.15) is 0 Å². The highest BCUT2D eigenvalue weighted by molar-refractivity contribution is 5.38. The first-order valence-corrected chi connectivity index (χ1v) is 9.13. The van der Waals surface area contributed by atoms with Gasteiger partial charge in [-0.1, -0.05) is 38.2 Å². The summed E-state index contributed by atoms with van der Waals surface area (Å²) in [6.07, 6.45) is 0.944. The maximum atomic E-state index is 10.3. The predicted octanol–water partition coefficient (Wildman–Crippen LogP) is 1.03. The van der Waals surface area contributed by atoms with Crippen molar-refractivity contribution in [2.24, 2.45) is 5.92 Å². The number of phenolic OH excluding ortho intramolecular Hbond substituents is 1. The fourth-order valence-electron chi connectivity index (χ4n) is 4.03. The summed E-state index contributed by atoms with van der Waals surface area (Å²) in [6.45, 7) is -0.450. The van der Waals surface area contributed by atoms with E-state index in [1.165, 1.54) is 19.3 Å². The molecular weight excluding hydrogens is 324 g/mol. The Morgan fingerprint density at radius 2 is 1.68 bits per heavy atom. The van der Waals surface area contributed by atoms with E-state index in [1.54, 1.807) is 18.2 Å². The predicted molar refractivity (Wildman–Crippen MR) is 91.1 cm³/mol. The van der Waals surface area contributed by atoms with Crippen LogP contribution in [-0.4, -0.2) is 56.6 Å². The van der Waals surface area contributed by atoms with Gasteiger partial charge in [-0.25, -0.2) is 0 Å². The van der Waals surface area contributed by atoms with Crippen LogP contribution in [0.25, 0.3) is 0 Å². The summed E-state index contributed by atoms with van der Waals surface area (Å²) in [6, 6.07) is 5.03. The fraction of sp³-hybridized carbons (Fsp3) is 0.684. The summed E-state index contributed by atoms with van der Waals surface area (Å²) >= 11 is 0. The number of phenols is 1. The number of aliphatic hydroxyl groups excluding tert-OH is 4. The Labute approximate surface area is 147 Å². The minimum Gasteiger partial charge on any atom is -0.508 e. The van der Waals surface area contributed by atoms with E-state index in [9.17, 15) is 25.5 Å². The van der Waals surface area contributed by atoms with E-state index < -0.39 is 37.1 Å². The molecule has 6 nitrogen and oxygen atoms in total. The lowest BCUT2D eigenvalue weighted by Crippen LogP contribution is -2.55. The van der Waals surface area contributed by atoms with Crippen molar-refractivity contribution < 1.29 is 30.3 Å². The summed E-state index contributed by atoms with van der Waals surface area (Å²) in [5.74, 6) is 0.767. The molecule has 2 aliphatic rings. The molecule has 1 aromatic rings. The van der Waals surface area contributed by atoms with E-state index in [2.05, 4.69) is 0 Å². The Balaban J connectivity index is 1.80. The van der Waals surface area contributed by atoms with Gasteiger partial charge in [-0.15, -0.1) is 0 Å². The van der Waals surface area contributed by atoms with Crippen molar-refractivity contribution in [1.29, 1.82) is 0 Å². The lowest BCUT2D eigenvalue weighted by molar-refractivity contribution is -0.231. The van der Waals surface area contributed by atoms with E-state index in [1.807, 2.05) is 0 Å². The Morgan fingerprint density at radius 3 is 2.36 bits per heavy atom. The minimum absolute atomic E-state index is 0.221. The normalized spacial score (nSPS) is 34.2. The van der Waals surface area contributed by atoms with Crippen LogP contribution in [0.4, 0.5) is 0 Å². The van der Waals surface area contributed by atoms with E-state index in [-0.39, 0.29) is 5.75 Å². The maximum Gasteiger partial charge on any atom is 0.118 e. The van der Waals surface area contributed by atoms with Gasteiger partial charge in [-0.3, -0.25) is 0 Å². The molecule has 25 heavy (non-hydrogen) atoms. The van der Waals surface area contributed by atoms with Crippen LogP contribution >= 0.6 is 0 Å². The number of rotatable bonds is 4. The Morgan fingerprint density at radius 1 is 0.960 bits per heavy atom. The number of hydrogen-bond acceptors (Lipinski definition) is 6. The first kappa shape index (κ1) is 18.6. The van der Waals surface area contributed by atoms with Gasteiger partial charge in [0.25, 0.3) is 0 Å². The fourth-order valence-corrected chi connectivity index (χ4v) is 4.03. The standard InChI is InChI=1S/C19H28O6/c20-10-15-16(22)17(23)18(24)19(25-15)12-6-7-14(21)13(9-12)8-11-4-2-1-3-5-11/h6-7,9,11,15-24H,1-5,8,10H2/t15-,16-,17+,18-,19+/m1/s1. The highest BCUT2D eigenvalue weighted by atomic mass is 16.5. The molecule has 0 amide bonds. The molecule has 1 aromatic carbocycles. The largest absolute Gasteiger partial charge is 0.508 e.